The van der Waals surface area contributed by atoms with Crippen LogP contribution in [0.5, 0.6) is 0 Å². The SMILES string of the molecule is COC(=O)c1ncn(Cc2c(-c3ccc(Cl)cc3)nc3ccccn23)n1. The molecule has 0 saturated carbocycles. The van der Waals surface area contributed by atoms with Crippen LogP contribution in [-0.4, -0.2) is 37.2 Å². The summed E-state index contributed by atoms with van der Waals surface area (Å²) in [6.45, 7) is 0.396. The first-order chi connectivity index (χ1) is 12.7. The molecule has 0 unspecified atom stereocenters. The number of carbonyl (C=O) groups excluding carboxylic acids is 1. The molecular weight excluding hydrogens is 354 g/mol. The Morgan fingerprint density at radius 2 is 2.00 bits per heavy atom. The zero-order valence-electron chi connectivity index (χ0n) is 13.8. The Bertz CT molecular complexity index is 1080. The molecule has 0 aliphatic heterocycles. The van der Waals surface area contributed by atoms with Crippen molar-refractivity contribution in [3.05, 3.63) is 71.5 Å². The Morgan fingerprint density at radius 1 is 1.19 bits per heavy atom. The van der Waals surface area contributed by atoms with Gasteiger partial charge in [-0.25, -0.2) is 19.4 Å². The summed E-state index contributed by atoms with van der Waals surface area (Å²) < 4.78 is 8.23. The number of fused-ring (bicyclic) bond motifs is 1. The first-order valence-corrected chi connectivity index (χ1v) is 8.23. The van der Waals surface area contributed by atoms with Crippen molar-refractivity contribution in [3.8, 4) is 11.3 Å². The number of esters is 1. The Morgan fingerprint density at radius 3 is 2.77 bits per heavy atom. The van der Waals surface area contributed by atoms with Crippen molar-refractivity contribution in [2.45, 2.75) is 6.54 Å². The highest BCUT2D eigenvalue weighted by Crippen LogP contribution is 2.26. The highest BCUT2D eigenvalue weighted by atomic mass is 35.5. The van der Waals surface area contributed by atoms with Crippen LogP contribution in [0.25, 0.3) is 16.9 Å². The lowest BCUT2D eigenvalue weighted by atomic mass is 10.1. The smallest absolute Gasteiger partial charge is 0.377 e. The fourth-order valence-electron chi connectivity index (χ4n) is 2.75. The van der Waals surface area contributed by atoms with E-state index in [4.69, 9.17) is 16.6 Å². The second kappa shape index (κ2) is 6.61. The van der Waals surface area contributed by atoms with Crippen molar-refractivity contribution in [1.82, 2.24) is 24.1 Å². The summed E-state index contributed by atoms with van der Waals surface area (Å²) in [5.74, 6) is -0.547. The summed E-state index contributed by atoms with van der Waals surface area (Å²) >= 11 is 6.00. The average Bonchev–Trinajstić information content (AvgIpc) is 3.27. The van der Waals surface area contributed by atoms with Gasteiger partial charge in [0, 0.05) is 16.8 Å². The number of hydrogen-bond donors (Lipinski definition) is 0. The van der Waals surface area contributed by atoms with Gasteiger partial charge in [0.1, 0.15) is 12.0 Å². The van der Waals surface area contributed by atoms with Crippen LogP contribution in [0, 0.1) is 0 Å². The van der Waals surface area contributed by atoms with Gasteiger partial charge >= 0.3 is 5.97 Å². The van der Waals surface area contributed by atoms with Crippen molar-refractivity contribution < 1.29 is 9.53 Å². The second-order valence-electron chi connectivity index (χ2n) is 5.60. The van der Waals surface area contributed by atoms with Gasteiger partial charge in [0.05, 0.1) is 25.0 Å². The quantitative estimate of drug-likeness (QED) is 0.518. The number of ether oxygens (including phenoxy) is 1. The number of pyridine rings is 1. The van der Waals surface area contributed by atoms with Crippen LogP contribution in [0.2, 0.25) is 5.02 Å². The maximum atomic E-state index is 11.6. The Labute approximate surface area is 153 Å². The number of halogens is 1. The molecule has 26 heavy (non-hydrogen) atoms. The Balaban J connectivity index is 1.80. The van der Waals surface area contributed by atoms with Gasteiger partial charge in [0.15, 0.2) is 0 Å². The van der Waals surface area contributed by atoms with E-state index in [9.17, 15) is 4.79 Å². The van der Waals surface area contributed by atoms with Crippen LogP contribution in [-0.2, 0) is 11.3 Å². The summed E-state index contributed by atoms with van der Waals surface area (Å²) in [4.78, 5) is 20.3. The van der Waals surface area contributed by atoms with Gasteiger partial charge in [-0.2, -0.15) is 0 Å². The third-order valence-corrected chi connectivity index (χ3v) is 4.21. The zero-order chi connectivity index (χ0) is 18.1. The van der Waals surface area contributed by atoms with Crippen LogP contribution in [0.1, 0.15) is 16.3 Å². The average molecular weight is 368 g/mol. The van der Waals surface area contributed by atoms with Crippen molar-refractivity contribution in [3.63, 3.8) is 0 Å². The Kier molecular flexibility index (Phi) is 4.14. The topological polar surface area (TPSA) is 74.3 Å². The van der Waals surface area contributed by atoms with E-state index in [1.165, 1.54) is 13.4 Å². The van der Waals surface area contributed by atoms with Crippen molar-refractivity contribution >= 4 is 23.2 Å². The van der Waals surface area contributed by atoms with Crippen molar-refractivity contribution in [2.24, 2.45) is 0 Å². The summed E-state index contributed by atoms with van der Waals surface area (Å²) in [5.41, 5.74) is 3.51. The number of rotatable bonds is 4. The molecule has 0 amide bonds. The van der Waals surface area contributed by atoms with E-state index in [0.717, 1.165) is 22.6 Å². The molecule has 4 aromatic rings. The van der Waals surface area contributed by atoms with E-state index in [-0.39, 0.29) is 5.82 Å². The largest absolute Gasteiger partial charge is 0.463 e. The van der Waals surface area contributed by atoms with Crippen LogP contribution in [0.15, 0.2) is 55.0 Å². The molecule has 0 saturated heterocycles. The van der Waals surface area contributed by atoms with E-state index in [1.54, 1.807) is 4.68 Å². The molecule has 130 valence electrons. The number of imidazole rings is 1. The number of aromatic nitrogens is 5. The molecule has 3 aromatic heterocycles. The minimum absolute atomic E-state index is 0.0226. The van der Waals surface area contributed by atoms with Crippen molar-refractivity contribution in [2.75, 3.05) is 7.11 Å². The van der Waals surface area contributed by atoms with Gasteiger partial charge in [-0.1, -0.05) is 29.8 Å². The van der Waals surface area contributed by atoms with Gasteiger partial charge < -0.3 is 9.14 Å². The molecule has 0 radical (unpaired) electrons. The van der Waals surface area contributed by atoms with Crippen LogP contribution in [0.3, 0.4) is 0 Å². The van der Waals surface area contributed by atoms with Gasteiger partial charge in [0.25, 0.3) is 5.82 Å². The minimum Gasteiger partial charge on any atom is -0.463 e. The van der Waals surface area contributed by atoms with Gasteiger partial charge in [0.2, 0.25) is 0 Å². The molecule has 0 fully saturated rings. The number of nitrogens with zero attached hydrogens (tertiary/aromatic N) is 5. The van der Waals surface area contributed by atoms with E-state index >= 15 is 0 Å². The molecule has 0 bridgehead atoms. The Hall–Kier alpha value is -3.19. The summed E-state index contributed by atoms with van der Waals surface area (Å²) in [5, 5.41) is 4.85. The molecule has 8 heteroatoms. The minimum atomic E-state index is -0.570. The van der Waals surface area contributed by atoms with E-state index in [2.05, 4.69) is 14.8 Å². The molecule has 0 aliphatic carbocycles. The van der Waals surface area contributed by atoms with Crippen LogP contribution < -0.4 is 0 Å². The highest BCUT2D eigenvalue weighted by Gasteiger charge is 2.17. The number of methoxy groups -OCH3 is 1. The summed E-state index contributed by atoms with van der Waals surface area (Å²) in [6.07, 6.45) is 3.44. The lowest BCUT2D eigenvalue weighted by molar-refractivity contribution is 0.0586. The van der Waals surface area contributed by atoms with Crippen molar-refractivity contribution in [1.29, 1.82) is 0 Å². The predicted octanol–water partition coefficient (Wildman–Crippen LogP) is 3.08. The molecular formula is C18H14ClN5O2. The van der Waals surface area contributed by atoms with E-state index in [0.29, 0.717) is 11.6 Å². The standard InChI is InChI=1S/C18H14ClN5O2/c1-26-18(25)17-20-11-23(22-17)10-14-16(12-5-7-13(19)8-6-12)21-15-4-2-3-9-24(14)15/h2-9,11H,10H2,1H3. The zero-order valence-corrected chi connectivity index (χ0v) is 14.6. The number of carbonyl (C=O) groups is 1. The monoisotopic (exact) mass is 367 g/mol. The van der Waals surface area contributed by atoms with Crippen LogP contribution in [0.4, 0.5) is 0 Å². The normalized spacial score (nSPS) is 11.0. The third-order valence-electron chi connectivity index (χ3n) is 3.96. The maximum absolute atomic E-state index is 11.6. The van der Waals surface area contributed by atoms with Gasteiger partial charge in [-0.15, -0.1) is 5.10 Å². The lowest BCUT2D eigenvalue weighted by Crippen LogP contribution is -2.08. The summed E-state index contributed by atoms with van der Waals surface area (Å²) in [6, 6.07) is 13.3. The molecule has 4 rings (SSSR count). The predicted molar refractivity (Wildman–Crippen MR) is 96.1 cm³/mol. The number of hydrogen-bond acceptors (Lipinski definition) is 5. The molecule has 1 aromatic carbocycles. The lowest BCUT2D eigenvalue weighted by Gasteiger charge is -2.05. The molecule has 0 aliphatic rings. The molecule has 7 nitrogen and oxygen atoms in total. The number of benzene rings is 1. The molecule has 0 atom stereocenters. The highest BCUT2D eigenvalue weighted by molar-refractivity contribution is 6.30. The second-order valence-corrected chi connectivity index (χ2v) is 6.04. The first kappa shape index (κ1) is 16.3. The third kappa shape index (κ3) is 2.93. The van der Waals surface area contributed by atoms with Gasteiger partial charge in [-0.05, 0) is 24.3 Å². The first-order valence-electron chi connectivity index (χ1n) is 7.85. The molecule has 3 heterocycles. The summed E-state index contributed by atoms with van der Waals surface area (Å²) in [7, 11) is 1.30. The molecule has 0 spiro atoms. The maximum Gasteiger partial charge on any atom is 0.377 e. The van der Waals surface area contributed by atoms with Crippen LogP contribution >= 0.6 is 11.6 Å². The fourth-order valence-corrected chi connectivity index (χ4v) is 2.87. The molecule has 0 N–H and O–H groups in total. The van der Waals surface area contributed by atoms with E-state index < -0.39 is 5.97 Å². The van der Waals surface area contributed by atoms with Gasteiger partial charge in [-0.3, -0.25) is 0 Å². The fraction of sp³-hybridized carbons (Fsp3) is 0.111. The van der Waals surface area contributed by atoms with E-state index in [1.807, 2.05) is 53.1 Å².